The zero-order valence-corrected chi connectivity index (χ0v) is 15.1. The second kappa shape index (κ2) is 6.46. The number of nitrogens with one attached hydrogen (secondary N) is 1. The Labute approximate surface area is 157 Å². The number of benzene rings is 1. The normalized spacial score (nSPS) is 16.3. The van der Waals surface area contributed by atoms with Crippen molar-refractivity contribution >= 4 is 16.9 Å². The highest BCUT2D eigenvalue weighted by Gasteiger charge is 2.22. The molecule has 1 aliphatic carbocycles. The first-order valence-corrected chi connectivity index (χ1v) is 9.25. The zero-order chi connectivity index (χ0) is 18.2. The molecule has 0 bridgehead atoms. The van der Waals surface area contributed by atoms with E-state index < -0.39 is 0 Å². The molecule has 0 saturated carbocycles. The third-order valence-corrected chi connectivity index (χ3v) is 5.17. The van der Waals surface area contributed by atoms with Gasteiger partial charge in [-0.1, -0.05) is 30.3 Å². The molecule has 5 rings (SSSR count). The number of fused-ring (bicyclic) bond motifs is 2. The molecule has 3 heterocycles. The molecule has 6 nitrogen and oxygen atoms in total. The van der Waals surface area contributed by atoms with Crippen LogP contribution in [0.2, 0.25) is 0 Å². The molecular weight excluding hydrogens is 336 g/mol. The van der Waals surface area contributed by atoms with Gasteiger partial charge < -0.3 is 5.32 Å². The fourth-order valence-electron chi connectivity index (χ4n) is 3.81. The van der Waals surface area contributed by atoms with Crippen molar-refractivity contribution in [3.8, 4) is 11.5 Å². The van der Waals surface area contributed by atoms with Gasteiger partial charge in [-0.3, -0.25) is 9.67 Å². The molecule has 1 aromatic carbocycles. The lowest BCUT2D eigenvalue weighted by atomic mass is 9.88. The van der Waals surface area contributed by atoms with Gasteiger partial charge in [-0.15, -0.1) is 0 Å². The summed E-state index contributed by atoms with van der Waals surface area (Å²) in [5.74, 6) is 1.42. The van der Waals surface area contributed by atoms with Gasteiger partial charge in [-0.25, -0.2) is 9.97 Å². The molecule has 6 heteroatoms. The molecule has 3 aromatic heterocycles. The topological polar surface area (TPSA) is 68.5 Å². The predicted molar refractivity (Wildman–Crippen MR) is 105 cm³/mol. The summed E-state index contributed by atoms with van der Waals surface area (Å²) in [7, 11) is 1.90. The molecule has 0 amide bonds. The Morgan fingerprint density at radius 2 is 1.96 bits per heavy atom. The van der Waals surface area contributed by atoms with Crippen LogP contribution in [0.4, 0.5) is 5.82 Å². The van der Waals surface area contributed by atoms with Crippen LogP contribution < -0.4 is 5.32 Å². The van der Waals surface area contributed by atoms with Crippen LogP contribution in [-0.2, 0) is 13.5 Å². The van der Waals surface area contributed by atoms with E-state index in [9.17, 15) is 0 Å². The fraction of sp³-hybridized carbons (Fsp3) is 0.238. The number of anilines is 1. The molecule has 1 aliphatic rings. The van der Waals surface area contributed by atoms with Gasteiger partial charge in [0, 0.05) is 13.2 Å². The number of nitrogens with zero attached hydrogens (tertiary/aromatic N) is 5. The summed E-state index contributed by atoms with van der Waals surface area (Å²) in [6.07, 6.45) is 6.98. The Kier molecular flexibility index (Phi) is 3.81. The first-order valence-electron chi connectivity index (χ1n) is 9.25. The summed E-state index contributed by atoms with van der Waals surface area (Å²) in [6, 6.07) is 14.7. The fourth-order valence-corrected chi connectivity index (χ4v) is 3.81. The van der Waals surface area contributed by atoms with Gasteiger partial charge in [0.25, 0.3) is 0 Å². The van der Waals surface area contributed by atoms with Crippen LogP contribution in [0.3, 0.4) is 0 Å². The van der Waals surface area contributed by atoms with Gasteiger partial charge in [0.1, 0.15) is 11.5 Å². The lowest BCUT2D eigenvalue weighted by molar-refractivity contribution is 0.599. The number of pyridine rings is 1. The Balaban J connectivity index is 1.61. The minimum atomic E-state index is 0.241. The highest BCUT2D eigenvalue weighted by Crippen LogP contribution is 2.34. The van der Waals surface area contributed by atoms with Crippen molar-refractivity contribution in [2.75, 3.05) is 5.32 Å². The second-order valence-corrected chi connectivity index (χ2v) is 6.90. The number of hydrogen-bond acceptors (Lipinski definition) is 5. The van der Waals surface area contributed by atoms with Crippen molar-refractivity contribution in [3.63, 3.8) is 0 Å². The standard InChI is InChI=1S/C21H20N6/c1-27-21-16(13-23-27)19(25-20(26-21)18-10-4-5-12-22-18)24-17-11-6-8-14-7-2-3-9-15(14)17/h2-5,7,9-10,12-13,17H,6,8,11H2,1H3,(H,24,25,26)/t17-/m0/s1. The van der Waals surface area contributed by atoms with Gasteiger partial charge in [0.2, 0.25) is 0 Å². The van der Waals surface area contributed by atoms with Crippen molar-refractivity contribution in [2.45, 2.75) is 25.3 Å². The van der Waals surface area contributed by atoms with Crippen LogP contribution in [0.15, 0.2) is 54.9 Å². The van der Waals surface area contributed by atoms with E-state index in [1.54, 1.807) is 10.9 Å². The van der Waals surface area contributed by atoms with E-state index in [4.69, 9.17) is 4.98 Å². The molecule has 0 aliphatic heterocycles. The molecule has 0 unspecified atom stereocenters. The van der Waals surface area contributed by atoms with Crippen molar-refractivity contribution in [1.29, 1.82) is 0 Å². The summed E-state index contributed by atoms with van der Waals surface area (Å²) in [5, 5.41) is 8.98. The van der Waals surface area contributed by atoms with Crippen molar-refractivity contribution in [3.05, 3.63) is 66.0 Å². The molecule has 1 N–H and O–H groups in total. The molecule has 27 heavy (non-hydrogen) atoms. The number of aryl methyl sites for hydroxylation is 2. The SMILES string of the molecule is Cn1ncc2c(N[C@H]3CCCc4ccccc43)nc(-c3ccccn3)nc21. The second-order valence-electron chi connectivity index (χ2n) is 6.90. The van der Waals surface area contributed by atoms with Crippen LogP contribution in [-0.4, -0.2) is 24.7 Å². The maximum atomic E-state index is 4.81. The lowest BCUT2D eigenvalue weighted by Crippen LogP contribution is -2.18. The summed E-state index contributed by atoms with van der Waals surface area (Å²) >= 11 is 0. The molecule has 0 radical (unpaired) electrons. The van der Waals surface area contributed by atoms with Crippen LogP contribution in [0.5, 0.6) is 0 Å². The van der Waals surface area contributed by atoms with Crippen molar-refractivity contribution < 1.29 is 0 Å². The average Bonchev–Trinajstić information content (AvgIpc) is 3.10. The van der Waals surface area contributed by atoms with Gasteiger partial charge in [-0.05, 0) is 42.5 Å². The van der Waals surface area contributed by atoms with E-state index >= 15 is 0 Å². The summed E-state index contributed by atoms with van der Waals surface area (Å²) in [4.78, 5) is 13.9. The number of hydrogen-bond donors (Lipinski definition) is 1. The third kappa shape index (κ3) is 2.83. The molecule has 0 saturated heterocycles. The quantitative estimate of drug-likeness (QED) is 0.603. The maximum Gasteiger partial charge on any atom is 0.182 e. The Morgan fingerprint density at radius 3 is 2.85 bits per heavy atom. The largest absolute Gasteiger partial charge is 0.363 e. The Hall–Kier alpha value is -3.28. The average molecular weight is 356 g/mol. The monoisotopic (exact) mass is 356 g/mol. The van der Waals surface area contributed by atoms with Gasteiger partial charge in [0.05, 0.1) is 17.6 Å². The molecule has 1 atom stereocenters. The van der Waals surface area contributed by atoms with Crippen LogP contribution >= 0.6 is 0 Å². The molecule has 134 valence electrons. The number of aromatic nitrogens is 5. The predicted octanol–water partition coefficient (Wildman–Crippen LogP) is 3.91. The summed E-state index contributed by atoms with van der Waals surface area (Å²) < 4.78 is 1.78. The van der Waals surface area contributed by atoms with Gasteiger partial charge >= 0.3 is 0 Å². The lowest BCUT2D eigenvalue weighted by Gasteiger charge is -2.27. The van der Waals surface area contributed by atoms with Crippen molar-refractivity contribution in [2.24, 2.45) is 7.05 Å². The van der Waals surface area contributed by atoms with E-state index in [0.29, 0.717) is 5.82 Å². The molecular formula is C21H20N6. The Bertz CT molecular complexity index is 1100. The Morgan fingerprint density at radius 1 is 1.07 bits per heavy atom. The smallest absolute Gasteiger partial charge is 0.182 e. The molecule has 0 fully saturated rings. The van der Waals surface area contributed by atoms with E-state index in [0.717, 1.165) is 35.4 Å². The van der Waals surface area contributed by atoms with E-state index in [-0.39, 0.29) is 6.04 Å². The third-order valence-electron chi connectivity index (χ3n) is 5.17. The van der Waals surface area contributed by atoms with Crippen LogP contribution in [0, 0.1) is 0 Å². The van der Waals surface area contributed by atoms with Crippen molar-refractivity contribution in [1.82, 2.24) is 24.7 Å². The van der Waals surface area contributed by atoms with Gasteiger partial charge in [-0.2, -0.15) is 5.10 Å². The highest BCUT2D eigenvalue weighted by atomic mass is 15.3. The number of rotatable bonds is 3. The zero-order valence-electron chi connectivity index (χ0n) is 15.1. The minimum Gasteiger partial charge on any atom is -0.363 e. The summed E-state index contributed by atoms with van der Waals surface area (Å²) in [6.45, 7) is 0. The highest BCUT2D eigenvalue weighted by molar-refractivity contribution is 5.88. The van der Waals surface area contributed by atoms with Crippen LogP contribution in [0.25, 0.3) is 22.6 Å². The first kappa shape index (κ1) is 15.9. The van der Waals surface area contributed by atoms with E-state index in [2.05, 4.69) is 44.6 Å². The van der Waals surface area contributed by atoms with Crippen LogP contribution in [0.1, 0.15) is 30.0 Å². The van der Waals surface area contributed by atoms with E-state index in [1.165, 1.54) is 17.5 Å². The minimum absolute atomic E-state index is 0.241. The molecule has 4 aromatic rings. The molecule has 0 spiro atoms. The van der Waals surface area contributed by atoms with Gasteiger partial charge in [0.15, 0.2) is 11.5 Å². The maximum absolute atomic E-state index is 4.81. The van der Waals surface area contributed by atoms with E-state index in [1.807, 2.05) is 31.4 Å². The summed E-state index contributed by atoms with van der Waals surface area (Å²) in [5.41, 5.74) is 4.34. The first-order chi connectivity index (χ1) is 13.3.